The molecule has 5 nitrogen and oxygen atoms in total. The van der Waals surface area contributed by atoms with Crippen molar-refractivity contribution in [3.63, 3.8) is 0 Å². The molecule has 2 aromatic rings. The van der Waals surface area contributed by atoms with Crippen LogP contribution >= 0.6 is 0 Å². The molecule has 28 heavy (non-hydrogen) atoms. The maximum absolute atomic E-state index is 13.2. The van der Waals surface area contributed by atoms with Crippen molar-refractivity contribution in [2.45, 2.75) is 37.8 Å². The molecule has 1 amide bonds. The number of nitrogens with zero attached hydrogens (tertiary/aromatic N) is 1. The van der Waals surface area contributed by atoms with Crippen LogP contribution in [0, 0.1) is 11.8 Å². The first kappa shape index (κ1) is 18.1. The molecule has 3 aliphatic rings. The first-order valence-electron chi connectivity index (χ1n) is 10.8. The van der Waals surface area contributed by atoms with Crippen LogP contribution in [-0.4, -0.2) is 43.0 Å². The zero-order valence-electron chi connectivity index (χ0n) is 16.4. The molecular formula is C23H30N4O. The Hall–Kier alpha value is -1.95. The summed E-state index contributed by atoms with van der Waals surface area (Å²) in [7, 11) is 0. The number of benzene rings is 2. The van der Waals surface area contributed by atoms with Crippen LogP contribution < -0.4 is 16.2 Å². The molecule has 148 valence electrons. The highest BCUT2D eigenvalue weighted by molar-refractivity contribution is 5.86. The lowest BCUT2D eigenvalue weighted by Gasteiger charge is -2.38. The highest BCUT2D eigenvalue weighted by Crippen LogP contribution is 2.37. The predicted octanol–water partition coefficient (Wildman–Crippen LogP) is 2.60. The molecule has 3 N–H and O–H groups in total. The molecule has 0 saturated carbocycles. The van der Waals surface area contributed by atoms with Crippen molar-refractivity contribution in [2.24, 2.45) is 11.8 Å². The van der Waals surface area contributed by atoms with Crippen LogP contribution in [0.3, 0.4) is 0 Å². The monoisotopic (exact) mass is 378 g/mol. The minimum atomic E-state index is 0.199. The Bertz CT molecular complexity index is 840. The van der Waals surface area contributed by atoms with Gasteiger partial charge in [-0.2, -0.15) is 0 Å². The molecule has 3 saturated heterocycles. The number of piperidine rings is 1. The Kier molecular flexibility index (Phi) is 5.05. The average Bonchev–Trinajstić information content (AvgIpc) is 2.97. The summed E-state index contributed by atoms with van der Waals surface area (Å²) in [6.45, 7) is 3.74. The molecule has 4 unspecified atom stereocenters. The van der Waals surface area contributed by atoms with E-state index in [-0.39, 0.29) is 12.0 Å². The molecule has 4 atom stereocenters. The fourth-order valence-corrected chi connectivity index (χ4v) is 5.36. The number of likely N-dealkylation sites (tertiary alicyclic amines) is 1. The molecule has 0 aromatic heterocycles. The number of carbonyl (C=O) groups is 1. The minimum Gasteiger partial charge on any atom is -0.342 e. The molecule has 3 aliphatic heterocycles. The second-order valence-corrected chi connectivity index (χ2v) is 8.56. The van der Waals surface area contributed by atoms with Crippen LogP contribution in [0.2, 0.25) is 0 Å². The third kappa shape index (κ3) is 3.32. The van der Waals surface area contributed by atoms with Crippen molar-refractivity contribution >= 4 is 16.7 Å². The van der Waals surface area contributed by atoms with Crippen molar-refractivity contribution in [3.05, 3.63) is 48.0 Å². The molecule has 0 radical (unpaired) electrons. The van der Waals surface area contributed by atoms with E-state index in [2.05, 4.69) is 63.5 Å². The zero-order chi connectivity index (χ0) is 18.9. The van der Waals surface area contributed by atoms with Gasteiger partial charge in [0.15, 0.2) is 0 Å². The van der Waals surface area contributed by atoms with Crippen molar-refractivity contribution < 1.29 is 4.79 Å². The number of hydrogen-bond acceptors (Lipinski definition) is 4. The van der Waals surface area contributed by atoms with Gasteiger partial charge in [0.1, 0.15) is 0 Å². The summed E-state index contributed by atoms with van der Waals surface area (Å²) < 4.78 is 0. The van der Waals surface area contributed by atoms with Gasteiger partial charge in [-0.1, -0.05) is 42.5 Å². The summed E-state index contributed by atoms with van der Waals surface area (Å²) in [4.78, 5) is 15.4. The lowest BCUT2D eigenvalue weighted by atomic mass is 9.83. The molecule has 5 rings (SSSR count). The molecular weight excluding hydrogens is 348 g/mol. The quantitative estimate of drug-likeness (QED) is 0.752. The lowest BCUT2D eigenvalue weighted by Crippen LogP contribution is -2.49. The van der Waals surface area contributed by atoms with E-state index >= 15 is 0 Å². The number of hydrazine groups is 1. The van der Waals surface area contributed by atoms with Crippen LogP contribution in [0.4, 0.5) is 0 Å². The van der Waals surface area contributed by atoms with E-state index in [9.17, 15) is 4.79 Å². The topological polar surface area (TPSA) is 56.4 Å². The van der Waals surface area contributed by atoms with Gasteiger partial charge in [-0.15, -0.1) is 0 Å². The van der Waals surface area contributed by atoms with Gasteiger partial charge in [0.05, 0.1) is 6.04 Å². The van der Waals surface area contributed by atoms with E-state index in [1.807, 2.05) is 0 Å². The largest absolute Gasteiger partial charge is 0.342 e. The fraction of sp³-hybridized carbons (Fsp3) is 0.522. The summed E-state index contributed by atoms with van der Waals surface area (Å²) in [6, 6.07) is 15.8. The lowest BCUT2D eigenvalue weighted by molar-refractivity contribution is -0.138. The third-order valence-corrected chi connectivity index (χ3v) is 6.91. The van der Waals surface area contributed by atoms with Crippen LogP contribution in [0.1, 0.15) is 37.3 Å². The van der Waals surface area contributed by atoms with Crippen molar-refractivity contribution in [3.8, 4) is 0 Å². The summed E-state index contributed by atoms with van der Waals surface area (Å²) >= 11 is 0. The Balaban J connectivity index is 1.37. The Morgan fingerprint density at radius 3 is 2.82 bits per heavy atom. The van der Waals surface area contributed by atoms with E-state index in [4.69, 9.17) is 0 Å². The fourth-order valence-electron chi connectivity index (χ4n) is 5.36. The molecule has 0 spiro atoms. The molecule has 3 fully saturated rings. The molecule has 5 heteroatoms. The number of fused-ring (bicyclic) bond motifs is 2. The van der Waals surface area contributed by atoms with Gasteiger partial charge in [-0.05, 0) is 55.1 Å². The number of hydrogen-bond donors (Lipinski definition) is 3. The second kappa shape index (κ2) is 7.82. The van der Waals surface area contributed by atoms with E-state index in [1.165, 1.54) is 16.3 Å². The minimum absolute atomic E-state index is 0.199. The van der Waals surface area contributed by atoms with E-state index < -0.39 is 0 Å². The summed E-state index contributed by atoms with van der Waals surface area (Å²) in [5.74, 6) is 0.989. The Labute approximate surface area is 166 Å². The van der Waals surface area contributed by atoms with Gasteiger partial charge in [-0.3, -0.25) is 10.2 Å². The van der Waals surface area contributed by atoms with E-state index in [0.29, 0.717) is 17.9 Å². The maximum atomic E-state index is 13.2. The first-order valence-corrected chi connectivity index (χ1v) is 10.8. The maximum Gasteiger partial charge on any atom is 0.225 e. The van der Waals surface area contributed by atoms with E-state index in [1.54, 1.807) is 0 Å². The van der Waals surface area contributed by atoms with Crippen molar-refractivity contribution in [2.75, 3.05) is 26.2 Å². The zero-order valence-corrected chi connectivity index (χ0v) is 16.4. The SMILES string of the molecule is O=C(C1CCCNCC1)N1CCC2NNC(c3cccc4ccccc34)C2C1. The summed E-state index contributed by atoms with van der Waals surface area (Å²) in [6.07, 6.45) is 4.14. The van der Waals surface area contributed by atoms with Gasteiger partial charge in [0.25, 0.3) is 0 Å². The number of amides is 1. The smallest absolute Gasteiger partial charge is 0.225 e. The van der Waals surface area contributed by atoms with Gasteiger partial charge in [-0.25, -0.2) is 5.43 Å². The van der Waals surface area contributed by atoms with Gasteiger partial charge < -0.3 is 10.2 Å². The van der Waals surface area contributed by atoms with Crippen molar-refractivity contribution in [1.29, 1.82) is 0 Å². The Morgan fingerprint density at radius 2 is 1.86 bits per heavy atom. The second-order valence-electron chi connectivity index (χ2n) is 8.56. The molecule has 2 aromatic carbocycles. The molecule has 0 aliphatic carbocycles. The molecule has 3 heterocycles. The predicted molar refractivity (Wildman–Crippen MR) is 112 cm³/mol. The Morgan fingerprint density at radius 1 is 0.964 bits per heavy atom. The highest BCUT2D eigenvalue weighted by Gasteiger charge is 2.42. The number of rotatable bonds is 2. The van der Waals surface area contributed by atoms with Crippen LogP contribution in [0.25, 0.3) is 10.8 Å². The molecule has 0 bridgehead atoms. The van der Waals surface area contributed by atoms with Crippen molar-refractivity contribution in [1.82, 2.24) is 21.1 Å². The number of nitrogens with one attached hydrogen (secondary N) is 3. The highest BCUT2D eigenvalue weighted by atomic mass is 16.2. The number of carbonyl (C=O) groups excluding carboxylic acids is 1. The standard InChI is InChI=1S/C23H30N4O/c28-23(17-7-4-12-24-13-10-17)27-14-11-21-20(15-27)22(26-25-21)19-9-3-6-16-5-1-2-8-18(16)19/h1-3,5-6,8-9,17,20-22,24-26H,4,7,10-15H2. The normalized spacial score (nSPS) is 30.8. The van der Waals surface area contributed by atoms with Gasteiger partial charge in [0.2, 0.25) is 5.91 Å². The average molecular weight is 379 g/mol. The third-order valence-electron chi connectivity index (χ3n) is 6.91. The van der Waals surface area contributed by atoms with E-state index in [0.717, 1.165) is 51.9 Å². The van der Waals surface area contributed by atoms with Gasteiger partial charge in [0, 0.05) is 31.0 Å². The summed E-state index contributed by atoms with van der Waals surface area (Å²) in [5, 5.41) is 6.01. The first-order chi connectivity index (χ1) is 13.8. The van der Waals surface area contributed by atoms with Crippen LogP contribution in [0.5, 0.6) is 0 Å². The summed E-state index contributed by atoms with van der Waals surface area (Å²) in [5.41, 5.74) is 8.42. The van der Waals surface area contributed by atoms with Crippen LogP contribution in [-0.2, 0) is 4.79 Å². The van der Waals surface area contributed by atoms with Gasteiger partial charge >= 0.3 is 0 Å². The van der Waals surface area contributed by atoms with Crippen LogP contribution in [0.15, 0.2) is 42.5 Å².